The molecule has 0 fully saturated rings. The third-order valence-electron chi connectivity index (χ3n) is 2.12. The first-order chi connectivity index (χ1) is 7.15. The number of phenolic OH excluding ortho intramolecular Hbond substituents is 1. The van der Waals surface area contributed by atoms with Crippen molar-refractivity contribution in [3.8, 4) is 5.75 Å². The zero-order valence-electron chi connectivity index (χ0n) is 8.56. The summed E-state index contributed by atoms with van der Waals surface area (Å²) in [4.78, 5) is 11.2. The first-order valence-corrected chi connectivity index (χ1v) is 5.94. The maximum atomic E-state index is 10.4. The van der Waals surface area contributed by atoms with Gasteiger partial charge in [0.15, 0.2) is 0 Å². The predicted octanol–water partition coefficient (Wildman–Crippen LogP) is 2.52. The van der Waals surface area contributed by atoms with Gasteiger partial charge in [-0.25, -0.2) is 0 Å². The summed E-state index contributed by atoms with van der Waals surface area (Å²) < 4.78 is 0. The summed E-state index contributed by atoms with van der Waals surface area (Å²) in [5.41, 5.74) is 1.02. The summed E-state index contributed by atoms with van der Waals surface area (Å²) >= 11 is 1.48. The maximum absolute atomic E-state index is 10.4. The number of aryl methyl sites for hydroxylation is 1. The quantitative estimate of drug-likeness (QED) is 0.757. The number of aromatic hydroxyl groups is 1. The Morgan fingerprint density at radius 1 is 1.47 bits per heavy atom. The molecule has 0 aliphatic rings. The second-order valence-corrected chi connectivity index (χ2v) is 4.03. The lowest BCUT2D eigenvalue weighted by molar-refractivity contribution is -0.137. The van der Waals surface area contributed by atoms with Crippen LogP contribution in [0.15, 0.2) is 23.1 Å². The third kappa shape index (κ3) is 3.47. The number of hydrogen-bond donors (Lipinski definition) is 2. The number of benzene rings is 1. The van der Waals surface area contributed by atoms with Crippen LogP contribution in [0, 0.1) is 0 Å². The first-order valence-electron chi connectivity index (χ1n) is 4.71. The molecular formula is C11H14O3S. The largest absolute Gasteiger partial charge is 0.507 e. The van der Waals surface area contributed by atoms with Crippen molar-refractivity contribution < 1.29 is 15.0 Å². The van der Waals surface area contributed by atoms with Crippen LogP contribution in [0.1, 0.15) is 18.4 Å². The second-order valence-electron chi connectivity index (χ2n) is 3.22. The fourth-order valence-corrected chi connectivity index (χ4v) is 2.14. The molecular weight excluding hydrogens is 212 g/mol. The number of phenols is 1. The van der Waals surface area contributed by atoms with Crippen LogP contribution in [0.25, 0.3) is 0 Å². The van der Waals surface area contributed by atoms with E-state index in [4.69, 9.17) is 5.11 Å². The molecule has 15 heavy (non-hydrogen) atoms. The van der Waals surface area contributed by atoms with Gasteiger partial charge in [0.25, 0.3) is 0 Å². The Morgan fingerprint density at radius 2 is 2.20 bits per heavy atom. The molecule has 4 heteroatoms. The average molecular weight is 226 g/mol. The van der Waals surface area contributed by atoms with Crippen molar-refractivity contribution in [2.45, 2.75) is 24.2 Å². The van der Waals surface area contributed by atoms with E-state index in [1.165, 1.54) is 11.8 Å². The van der Waals surface area contributed by atoms with Crippen molar-refractivity contribution in [2.24, 2.45) is 0 Å². The summed E-state index contributed by atoms with van der Waals surface area (Å²) in [5.74, 6) is -0.504. The number of carboxylic acids is 1. The molecule has 3 nitrogen and oxygen atoms in total. The minimum atomic E-state index is -0.777. The van der Waals surface area contributed by atoms with Gasteiger partial charge >= 0.3 is 5.97 Å². The molecule has 1 aromatic rings. The molecule has 0 saturated heterocycles. The van der Waals surface area contributed by atoms with Crippen LogP contribution in [-0.4, -0.2) is 22.4 Å². The zero-order valence-corrected chi connectivity index (χ0v) is 9.38. The van der Waals surface area contributed by atoms with Gasteiger partial charge in [-0.2, -0.15) is 0 Å². The van der Waals surface area contributed by atoms with Crippen LogP contribution in [0.3, 0.4) is 0 Å². The van der Waals surface area contributed by atoms with E-state index >= 15 is 0 Å². The molecule has 0 bridgehead atoms. The average Bonchev–Trinajstić information content (AvgIpc) is 2.17. The van der Waals surface area contributed by atoms with Gasteiger partial charge in [0.2, 0.25) is 0 Å². The Kier molecular flexibility index (Phi) is 4.49. The Hall–Kier alpha value is -1.16. The first kappa shape index (κ1) is 11.9. The van der Waals surface area contributed by atoms with Gasteiger partial charge < -0.3 is 10.2 Å². The molecule has 1 aromatic carbocycles. The Balaban J connectivity index is 2.67. The van der Waals surface area contributed by atoms with Crippen LogP contribution < -0.4 is 0 Å². The van der Waals surface area contributed by atoms with Gasteiger partial charge in [-0.1, -0.05) is 12.1 Å². The van der Waals surface area contributed by atoms with Crippen molar-refractivity contribution in [3.63, 3.8) is 0 Å². The van der Waals surface area contributed by atoms with Gasteiger partial charge in [-0.15, -0.1) is 11.8 Å². The standard InChI is InChI=1S/C11H14O3S/c1-15-11-8(4-2-6-9(11)12)5-3-7-10(13)14/h2,4,6,12H,3,5,7H2,1H3,(H,13,14). The number of carbonyl (C=O) groups is 1. The van der Waals surface area contributed by atoms with Crippen LogP contribution in [0.5, 0.6) is 5.75 Å². The smallest absolute Gasteiger partial charge is 0.303 e. The van der Waals surface area contributed by atoms with Crippen LogP contribution in [0.4, 0.5) is 0 Å². The zero-order chi connectivity index (χ0) is 11.3. The number of aliphatic carboxylic acids is 1. The molecule has 0 amide bonds. The van der Waals surface area contributed by atoms with Crippen LogP contribution >= 0.6 is 11.8 Å². The molecule has 0 aliphatic heterocycles. The maximum Gasteiger partial charge on any atom is 0.303 e. The predicted molar refractivity (Wildman–Crippen MR) is 60.5 cm³/mol. The van der Waals surface area contributed by atoms with E-state index in [0.717, 1.165) is 10.5 Å². The number of rotatable bonds is 5. The molecule has 0 atom stereocenters. The highest BCUT2D eigenvalue weighted by Gasteiger charge is 2.06. The third-order valence-corrected chi connectivity index (χ3v) is 3.00. The topological polar surface area (TPSA) is 57.5 Å². The summed E-state index contributed by atoms with van der Waals surface area (Å²) in [6, 6.07) is 5.35. The Labute approximate surface area is 93.1 Å². The molecule has 1 rings (SSSR count). The minimum Gasteiger partial charge on any atom is -0.507 e. The van der Waals surface area contributed by atoms with E-state index in [2.05, 4.69) is 0 Å². The van der Waals surface area contributed by atoms with E-state index in [9.17, 15) is 9.90 Å². The number of hydrogen-bond acceptors (Lipinski definition) is 3. The minimum absolute atomic E-state index is 0.170. The molecule has 0 unspecified atom stereocenters. The summed E-state index contributed by atoms with van der Waals surface area (Å²) in [7, 11) is 0. The van der Waals surface area contributed by atoms with Crippen molar-refractivity contribution in [1.29, 1.82) is 0 Å². The van der Waals surface area contributed by atoms with Crippen molar-refractivity contribution in [3.05, 3.63) is 23.8 Å². The Morgan fingerprint density at radius 3 is 2.80 bits per heavy atom. The van der Waals surface area contributed by atoms with E-state index in [1.807, 2.05) is 12.3 Å². The lowest BCUT2D eigenvalue weighted by atomic mass is 10.1. The monoisotopic (exact) mass is 226 g/mol. The number of carboxylic acid groups (broad SMARTS) is 1. The summed E-state index contributed by atoms with van der Waals surface area (Å²) in [6.07, 6.45) is 3.36. The van der Waals surface area contributed by atoms with Crippen LogP contribution in [0.2, 0.25) is 0 Å². The molecule has 0 spiro atoms. The van der Waals surface area contributed by atoms with Gasteiger partial charge in [0, 0.05) is 6.42 Å². The molecule has 82 valence electrons. The van der Waals surface area contributed by atoms with Crippen molar-refractivity contribution in [1.82, 2.24) is 0 Å². The van der Waals surface area contributed by atoms with Crippen molar-refractivity contribution >= 4 is 17.7 Å². The molecule has 0 radical (unpaired) electrons. The van der Waals surface area contributed by atoms with E-state index in [0.29, 0.717) is 12.8 Å². The fraction of sp³-hybridized carbons (Fsp3) is 0.364. The lowest BCUT2D eigenvalue weighted by Crippen LogP contribution is -1.96. The molecule has 0 aromatic heterocycles. The number of thioether (sulfide) groups is 1. The van der Waals surface area contributed by atoms with Gasteiger partial charge in [-0.05, 0) is 30.7 Å². The van der Waals surface area contributed by atoms with E-state index in [-0.39, 0.29) is 12.2 Å². The molecule has 0 aliphatic carbocycles. The highest BCUT2D eigenvalue weighted by Crippen LogP contribution is 2.30. The molecule has 0 saturated carbocycles. The van der Waals surface area contributed by atoms with E-state index in [1.54, 1.807) is 12.1 Å². The molecule has 0 heterocycles. The SMILES string of the molecule is CSc1c(O)cccc1CCCC(=O)O. The summed E-state index contributed by atoms with van der Waals surface area (Å²) in [5, 5.41) is 18.1. The summed E-state index contributed by atoms with van der Waals surface area (Å²) in [6.45, 7) is 0. The fourth-order valence-electron chi connectivity index (χ4n) is 1.43. The van der Waals surface area contributed by atoms with Gasteiger partial charge in [0.05, 0.1) is 4.90 Å². The highest BCUT2D eigenvalue weighted by atomic mass is 32.2. The Bertz CT molecular complexity index is 350. The van der Waals surface area contributed by atoms with Gasteiger partial charge in [0.1, 0.15) is 5.75 Å². The second kappa shape index (κ2) is 5.66. The van der Waals surface area contributed by atoms with Crippen LogP contribution in [-0.2, 0) is 11.2 Å². The normalized spacial score (nSPS) is 10.2. The molecule has 2 N–H and O–H groups in total. The van der Waals surface area contributed by atoms with Gasteiger partial charge in [-0.3, -0.25) is 4.79 Å². The van der Waals surface area contributed by atoms with E-state index < -0.39 is 5.97 Å². The lowest BCUT2D eigenvalue weighted by Gasteiger charge is -2.08. The van der Waals surface area contributed by atoms with Crippen molar-refractivity contribution in [2.75, 3.05) is 6.26 Å². The highest BCUT2D eigenvalue weighted by molar-refractivity contribution is 7.98.